The van der Waals surface area contributed by atoms with Crippen LogP contribution in [-0.2, 0) is 4.79 Å². The van der Waals surface area contributed by atoms with E-state index in [9.17, 15) is 9.59 Å². The summed E-state index contributed by atoms with van der Waals surface area (Å²) in [4.78, 5) is 23.5. The topological polar surface area (TPSA) is 54.4 Å². The average Bonchev–Trinajstić information content (AvgIpc) is 2.41. The number of aryl methyl sites for hydroxylation is 2. The van der Waals surface area contributed by atoms with Gasteiger partial charge in [-0.1, -0.05) is 18.6 Å². The van der Waals surface area contributed by atoms with E-state index >= 15 is 0 Å². The number of ketones is 1. The summed E-state index contributed by atoms with van der Waals surface area (Å²) >= 11 is 0. The zero-order valence-corrected chi connectivity index (χ0v) is 11.5. The van der Waals surface area contributed by atoms with E-state index in [1.54, 1.807) is 0 Å². The molecule has 0 unspecified atom stereocenters. The van der Waals surface area contributed by atoms with E-state index in [1.807, 2.05) is 32.0 Å². The Morgan fingerprint density at radius 3 is 2.42 bits per heavy atom. The van der Waals surface area contributed by atoms with Crippen LogP contribution in [0.2, 0.25) is 0 Å². The fourth-order valence-electron chi connectivity index (χ4n) is 2.78. The number of rotatable bonds is 3. The number of carboxylic acid groups (broad SMARTS) is 1. The van der Waals surface area contributed by atoms with Crippen molar-refractivity contribution >= 4 is 11.8 Å². The zero-order chi connectivity index (χ0) is 14.0. The van der Waals surface area contributed by atoms with Crippen molar-refractivity contribution in [3.8, 4) is 0 Å². The van der Waals surface area contributed by atoms with Gasteiger partial charge in [0.1, 0.15) is 0 Å². The molecule has 3 nitrogen and oxygen atoms in total. The maximum Gasteiger partial charge on any atom is 0.306 e. The Labute approximate surface area is 113 Å². The van der Waals surface area contributed by atoms with Gasteiger partial charge in [-0.2, -0.15) is 0 Å². The molecule has 0 spiro atoms. The number of Topliss-reactive ketones (excluding diaryl/α,β-unsaturated/α-hetero) is 1. The third-order valence-corrected chi connectivity index (χ3v) is 4.19. The molecule has 2 atom stereocenters. The van der Waals surface area contributed by atoms with Crippen molar-refractivity contribution in [2.24, 2.45) is 11.8 Å². The molecule has 0 heterocycles. The lowest BCUT2D eigenvalue weighted by molar-refractivity contribution is -0.143. The van der Waals surface area contributed by atoms with Gasteiger partial charge in [-0.25, -0.2) is 0 Å². The number of benzene rings is 1. The van der Waals surface area contributed by atoms with Crippen molar-refractivity contribution in [1.82, 2.24) is 0 Å². The Balaban J connectivity index is 2.14. The van der Waals surface area contributed by atoms with E-state index in [1.165, 1.54) is 5.56 Å². The van der Waals surface area contributed by atoms with Gasteiger partial charge in [0.15, 0.2) is 5.78 Å². The van der Waals surface area contributed by atoms with Gasteiger partial charge in [-0.05, 0) is 50.3 Å². The predicted molar refractivity (Wildman–Crippen MR) is 73.3 cm³/mol. The summed E-state index contributed by atoms with van der Waals surface area (Å²) in [5.74, 6) is -1.14. The standard InChI is InChI=1S/C16H20O3/c1-10-6-7-13(8-11(10)2)15(17)12-4-3-5-14(9-12)16(18)19/h6-8,12,14H,3-5,9H2,1-2H3,(H,18,19)/t12-,14+/m1/s1. The van der Waals surface area contributed by atoms with Crippen molar-refractivity contribution in [2.75, 3.05) is 0 Å². The Kier molecular flexibility index (Phi) is 4.03. The number of carbonyl (C=O) groups excluding carboxylic acids is 1. The molecule has 0 aromatic heterocycles. The number of aliphatic carboxylic acids is 1. The van der Waals surface area contributed by atoms with Crippen molar-refractivity contribution in [3.05, 3.63) is 34.9 Å². The Hall–Kier alpha value is -1.64. The van der Waals surface area contributed by atoms with Gasteiger partial charge in [0.05, 0.1) is 5.92 Å². The van der Waals surface area contributed by atoms with Crippen LogP contribution in [0.15, 0.2) is 18.2 Å². The third kappa shape index (κ3) is 3.03. The lowest BCUT2D eigenvalue weighted by Gasteiger charge is -2.25. The molecule has 0 bridgehead atoms. The quantitative estimate of drug-likeness (QED) is 0.848. The number of carboxylic acids is 1. The maximum atomic E-state index is 12.4. The van der Waals surface area contributed by atoms with Gasteiger partial charge in [-0.3, -0.25) is 9.59 Å². The minimum Gasteiger partial charge on any atom is -0.481 e. The van der Waals surface area contributed by atoms with E-state index in [0.29, 0.717) is 12.8 Å². The van der Waals surface area contributed by atoms with E-state index in [2.05, 4.69) is 0 Å². The van der Waals surface area contributed by atoms with E-state index < -0.39 is 5.97 Å². The number of carbonyl (C=O) groups is 2. The monoisotopic (exact) mass is 260 g/mol. The summed E-state index contributed by atoms with van der Waals surface area (Å²) in [6, 6.07) is 5.73. The summed E-state index contributed by atoms with van der Waals surface area (Å²) < 4.78 is 0. The summed E-state index contributed by atoms with van der Waals surface area (Å²) in [5.41, 5.74) is 3.00. The largest absolute Gasteiger partial charge is 0.481 e. The van der Waals surface area contributed by atoms with Crippen molar-refractivity contribution in [3.63, 3.8) is 0 Å². The summed E-state index contributed by atoms with van der Waals surface area (Å²) in [6.45, 7) is 4.01. The van der Waals surface area contributed by atoms with Crippen LogP contribution in [0.4, 0.5) is 0 Å². The Bertz CT molecular complexity index is 505. The highest BCUT2D eigenvalue weighted by Crippen LogP contribution is 2.31. The first kappa shape index (κ1) is 13.8. The molecule has 1 fully saturated rings. The van der Waals surface area contributed by atoms with Gasteiger partial charge >= 0.3 is 5.97 Å². The zero-order valence-electron chi connectivity index (χ0n) is 11.5. The van der Waals surface area contributed by atoms with Crippen LogP contribution in [0.25, 0.3) is 0 Å². The van der Waals surface area contributed by atoms with Crippen LogP contribution in [0.1, 0.15) is 47.2 Å². The van der Waals surface area contributed by atoms with Gasteiger partial charge in [-0.15, -0.1) is 0 Å². The molecule has 1 aromatic carbocycles. The summed E-state index contributed by atoms with van der Waals surface area (Å²) in [6.07, 6.45) is 2.83. The highest BCUT2D eigenvalue weighted by Gasteiger charge is 2.31. The van der Waals surface area contributed by atoms with Gasteiger partial charge in [0.2, 0.25) is 0 Å². The average molecular weight is 260 g/mol. The molecular formula is C16H20O3. The van der Waals surface area contributed by atoms with E-state index in [0.717, 1.165) is 24.0 Å². The first-order valence-corrected chi connectivity index (χ1v) is 6.83. The fourth-order valence-corrected chi connectivity index (χ4v) is 2.78. The lowest BCUT2D eigenvalue weighted by atomic mass is 9.78. The van der Waals surface area contributed by atoms with Crippen LogP contribution in [0, 0.1) is 25.7 Å². The van der Waals surface area contributed by atoms with Crippen LogP contribution >= 0.6 is 0 Å². The molecule has 102 valence electrons. The summed E-state index contributed by atoms with van der Waals surface area (Å²) in [5, 5.41) is 9.08. The maximum absolute atomic E-state index is 12.4. The smallest absolute Gasteiger partial charge is 0.306 e. The molecule has 1 aliphatic carbocycles. The number of hydrogen-bond acceptors (Lipinski definition) is 2. The third-order valence-electron chi connectivity index (χ3n) is 4.19. The molecule has 3 heteroatoms. The first-order valence-electron chi connectivity index (χ1n) is 6.83. The highest BCUT2D eigenvalue weighted by atomic mass is 16.4. The minimum absolute atomic E-state index is 0.106. The highest BCUT2D eigenvalue weighted by molar-refractivity contribution is 5.98. The van der Waals surface area contributed by atoms with Crippen LogP contribution < -0.4 is 0 Å². The first-order chi connectivity index (χ1) is 8.99. The minimum atomic E-state index is -0.766. The molecule has 0 amide bonds. The van der Waals surface area contributed by atoms with Gasteiger partial charge in [0, 0.05) is 11.5 Å². The normalized spacial score (nSPS) is 23.1. The fraction of sp³-hybridized carbons (Fsp3) is 0.500. The van der Waals surface area contributed by atoms with Crippen LogP contribution in [0.5, 0.6) is 0 Å². The molecule has 1 aliphatic rings. The number of hydrogen-bond donors (Lipinski definition) is 1. The van der Waals surface area contributed by atoms with Crippen molar-refractivity contribution in [1.29, 1.82) is 0 Å². The molecule has 0 radical (unpaired) electrons. The van der Waals surface area contributed by atoms with E-state index in [4.69, 9.17) is 5.11 Å². The molecule has 0 saturated heterocycles. The van der Waals surface area contributed by atoms with Crippen molar-refractivity contribution in [2.45, 2.75) is 39.5 Å². The SMILES string of the molecule is Cc1ccc(C(=O)[C@@H]2CCC[C@H](C(=O)O)C2)cc1C. The molecular weight excluding hydrogens is 240 g/mol. The van der Waals surface area contributed by atoms with Crippen LogP contribution in [-0.4, -0.2) is 16.9 Å². The van der Waals surface area contributed by atoms with Gasteiger partial charge < -0.3 is 5.11 Å². The predicted octanol–water partition coefficient (Wildman–Crippen LogP) is 3.38. The molecule has 19 heavy (non-hydrogen) atoms. The van der Waals surface area contributed by atoms with Crippen molar-refractivity contribution < 1.29 is 14.7 Å². The summed E-state index contributed by atoms with van der Waals surface area (Å²) in [7, 11) is 0. The molecule has 0 aliphatic heterocycles. The second-order valence-electron chi connectivity index (χ2n) is 5.56. The molecule has 1 aromatic rings. The van der Waals surface area contributed by atoms with E-state index in [-0.39, 0.29) is 17.6 Å². The Morgan fingerprint density at radius 2 is 1.79 bits per heavy atom. The molecule has 2 rings (SSSR count). The molecule has 1 saturated carbocycles. The second kappa shape index (κ2) is 5.55. The second-order valence-corrected chi connectivity index (χ2v) is 5.56. The van der Waals surface area contributed by atoms with Crippen LogP contribution in [0.3, 0.4) is 0 Å². The molecule has 1 N–H and O–H groups in total. The van der Waals surface area contributed by atoms with Gasteiger partial charge in [0.25, 0.3) is 0 Å². The lowest BCUT2D eigenvalue weighted by Crippen LogP contribution is -2.27. The Morgan fingerprint density at radius 1 is 1.11 bits per heavy atom.